The second-order valence-corrected chi connectivity index (χ2v) is 5.32. The lowest BCUT2D eigenvalue weighted by molar-refractivity contribution is 0.500. The summed E-state index contributed by atoms with van der Waals surface area (Å²) in [6.45, 7) is 3.40. The van der Waals surface area contributed by atoms with Crippen LogP contribution in [0.1, 0.15) is 36.9 Å². The molecule has 3 atom stereocenters. The number of rotatable bonds is 3. The number of halogens is 1. The molecule has 0 bridgehead atoms. The molecule has 2 heteroatoms. The van der Waals surface area contributed by atoms with Gasteiger partial charge in [-0.15, -0.1) is 0 Å². The van der Waals surface area contributed by atoms with Crippen LogP contribution < -0.4 is 5.32 Å². The fourth-order valence-electron chi connectivity index (χ4n) is 2.76. The van der Waals surface area contributed by atoms with Gasteiger partial charge in [0, 0.05) is 6.04 Å². The van der Waals surface area contributed by atoms with E-state index in [1.54, 1.807) is 12.1 Å². The van der Waals surface area contributed by atoms with E-state index < -0.39 is 0 Å². The van der Waals surface area contributed by atoms with E-state index in [-0.39, 0.29) is 5.82 Å². The predicted molar refractivity (Wildman–Crippen MR) is 62.7 cm³/mol. The van der Waals surface area contributed by atoms with Gasteiger partial charge in [-0.2, -0.15) is 0 Å². The molecular weight excluding hydrogens is 201 g/mol. The normalized spacial score (nSPS) is 31.5. The van der Waals surface area contributed by atoms with Gasteiger partial charge in [0.25, 0.3) is 0 Å². The van der Waals surface area contributed by atoms with Crippen molar-refractivity contribution in [3.63, 3.8) is 0 Å². The van der Waals surface area contributed by atoms with Gasteiger partial charge in [-0.3, -0.25) is 0 Å². The van der Waals surface area contributed by atoms with Gasteiger partial charge >= 0.3 is 0 Å². The fraction of sp³-hybridized carbons (Fsp3) is 0.571. The second-order valence-electron chi connectivity index (χ2n) is 5.32. The minimum atomic E-state index is -0.104. The maximum atomic E-state index is 13.2. The molecule has 1 N–H and O–H groups in total. The summed E-state index contributed by atoms with van der Waals surface area (Å²) in [7, 11) is 0. The molecule has 0 radical (unpaired) electrons. The molecule has 16 heavy (non-hydrogen) atoms. The first-order valence-corrected chi connectivity index (χ1v) is 6.26. The molecule has 0 aliphatic heterocycles. The summed E-state index contributed by atoms with van der Waals surface area (Å²) >= 11 is 0. The Morgan fingerprint density at radius 2 is 2.25 bits per heavy atom. The Hall–Kier alpha value is -0.890. The highest BCUT2D eigenvalue weighted by Gasteiger charge is 2.33. The largest absolute Gasteiger partial charge is 0.310 e. The molecule has 0 spiro atoms. The highest BCUT2D eigenvalue weighted by atomic mass is 19.1. The van der Waals surface area contributed by atoms with Crippen molar-refractivity contribution in [2.45, 2.75) is 32.2 Å². The Bertz CT molecular complexity index is 402. The van der Waals surface area contributed by atoms with Crippen LogP contribution in [0, 0.1) is 17.7 Å². The van der Waals surface area contributed by atoms with E-state index in [0.29, 0.717) is 6.04 Å². The molecule has 86 valence electrons. The number of nitrogens with one attached hydrogen (secondary N) is 1. The van der Waals surface area contributed by atoms with Crippen LogP contribution in [-0.2, 0) is 6.42 Å². The lowest BCUT2D eigenvalue weighted by Crippen LogP contribution is -2.22. The Morgan fingerprint density at radius 1 is 1.44 bits per heavy atom. The Labute approximate surface area is 96.1 Å². The van der Waals surface area contributed by atoms with Gasteiger partial charge in [0.15, 0.2) is 0 Å². The first kappa shape index (κ1) is 10.3. The number of hydrogen-bond acceptors (Lipinski definition) is 1. The van der Waals surface area contributed by atoms with Crippen LogP contribution in [0.15, 0.2) is 18.2 Å². The van der Waals surface area contributed by atoms with Crippen LogP contribution in [0.5, 0.6) is 0 Å². The quantitative estimate of drug-likeness (QED) is 0.824. The zero-order valence-corrected chi connectivity index (χ0v) is 9.67. The SMILES string of the molecule is CC1CC1CNC1CCc2ccc(F)cc21. The van der Waals surface area contributed by atoms with Crippen molar-refractivity contribution in [1.82, 2.24) is 5.32 Å². The summed E-state index contributed by atoms with van der Waals surface area (Å²) in [6.07, 6.45) is 3.57. The van der Waals surface area contributed by atoms with E-state index in [2.05, 4.69) is 12.2 Å². The first-order chi connectivity index (χ1) is 7.74. The van der Waals surface area contributed by atoms with E-state index in [1.165, 1.54) is 17.5 Å². The Morgan fingerprint density at radius 3 is 3.00 bits per heavy atom. The molecule has 1 saturated carbocycles. The highest BCUT2D eigenvalue weighted by molar-refractivity contribution is 5.34. The minimum Gasteiger partial charge on any atom is -0.310 e. The molecule has 3 rings (SSSR count). The molecule has 0 amide bonds. The van der Waals surface area contributed by atoms with Crippen LogP contribution in [0.4, 0.5) is 4.39 Å². The van der Waals surface area contributed by atoms with Gasteiger partial charge in [0.1, 0.15) is 5.82 Å². The minimum absolute atomic E-state index is 0.104. The van der Waals surface area contributed by atoms with Gasteiger partial charge in [0.05, 0.1) is 0 Å². The van der Waals surface area contributed by atoms with Crippen molar-refractivity contribution < 1.29 is 4.39 Å². The summed E-state index contributed by atoms with van der Waals surface area (Å²) in [5, 5.41) is 3.59. The molecular formula is C14H18FN. The Kier molecular flexibility index (Phi) is 2.47. The monoisotopic (exact) mass is 219 g/mol. The van der Waals surface area contributed by atoms with E-state index >= 15 is 0 Å². The molecule has 1 fully saturated rings. The molecule has 2 aliphatic rings. The molecule has 3 unspecified atom stereocenters. The average Bonchev–Trinajstić information content (AvgIpc) is 2.83. The van der Waals surface area contributed by atoms with E-state index in [4.69, 9.17) is 0 Å². The van der Waals surface area contributed by atoms with Gasteiger partial charge < -0.3 is 5.32 Å². The van der Waals surface area contributed by atoms with Crippen molar-refractivity contribution in [2.24, 2.45) is 11.8 Å². The average molecular weight is 219 g/mol. The van der Waals surface area contributed by atoms with Crippen molar-refractivity contribution in [3.05, 3.63) is 35.1 Å². The van der Waals surface area contributed by atoms with Crippen LogP contribution in [0.2, 0.25) is 0 Å². The number of aryl methyl sites for hydroxylation is 1. The third-order valence-corrected chi connectivity index (χ3v) is 4.09. The third-order valence-electron chi connectivity index (χ3n) is 4.09. The van der Waals surface area contributed by atoms with Crippen LogP contribution >= 0.6 is 0 Å². The molecule has 0 saturated heterocycles. The number of hydrogen-bond donors (Lipinski definition) is 1. The summed E-state index contributed by atoms with van der Waals surface area (Å²) in [5.41, 5.74) is 2.51. The molecule has 1 nitrogen and oxygen atoms in total. The van der Waals surface area contributed by atoms with E-state index in [1.807, 2.05) is 6.07 Å². The number of fused-ring (bicyclic) bond motifs is 1. The summed E-state index contributed by atoms with van der Waals surface area (Å²) in [5.74, 6) is 1.64. The first-order valence-electron chi connectivity index (χ1n) is 6.26. The molecule has 1 aromatic rings. The standard InChI is InChI=1S/C14H18FN/c1-9-6-11(9)8-16-14-5-3-10-2-4-12(15)7-13(10)14/h2,4,7,9,11,14,16H,3,5-6,8H2,1H3. The summed E-state index contributed by atoms with van der Waals surface area (Å²) in [4.78, 5) is 0. The molecule has 0 aromatic heterocycles. The van der Waals surface area contributed by atoms with Gasteiger partial charge in [0.2, 0.25) is 0 Å². The maximum Gasteiger partial charge on any atom is 0.123 e. The van der Waals surface area contributed by atoms with E-state index in [9.17, 15) is 4.39 Å². The number of benzene rings is 1. The second kappa shape index (κ2) is 3.85. The fourth-order valence-corrected chi connectivity index (χ4v) is 2.76. The van der Waals surface area contributed by atoms with E-state index in [0.717, 1.165) is 31.2 Å². The third kappa shape index (κ3) is 1.86. The van der Waals surface area contributed by atoms with Crippen molar-refractivity contribution in [3.8, 4) is 0 Å². The lowest BCUT2D eigenvalue weighted by Gasteiger charge is -2.13. The topological polar surface area (TPSA) is 12.0 Å². The van der Waals surface area contributed by atoms with Crippen LogP contribution in [-0.4, -0.2) is 6.54 Å². The smallest absolute Gasteiger partial charge is 0.123 e. The van der Waals surface area contributed by atoms with Crippen molar-refractivity contribution in [2.75, 3.05) is 6.54 Å². The lowest BCUT2D eigenvalue weighted by atomic mass is 10.1. The maximum absolute atomic E-state index is 13.2. The molecule has 0 heterocycles. The van der Waals surface area contributed by atoms with Gasteiger partial charge in [-0.05, 0) is 60.9 Å². The zero-order valence-electron chi connectivity index (χ0n) is 9.67. The van der Waals surface area contributed by atoms with Crippen LogP contribution in [0.25, 0.3) is 0 Å². The summed E-state index contributed by atoms with van der Waals surface area (Å²) in [6, 6.07) is 5.60. The highest BCUT2D eigenvalue weighted by Crippen LogP contribution is 2.38. The van der Waals surface area contributed by atoms with Crippen molar-refractivity contribution in [1.29, 1.82) is 0 Å². The zero-order chi connectivity index (χ0) is 11.1. The Balaban J connectivity index is 1.68. The predicted octanol–water partition coefficient (Wildman–Crippen LogP) is 3.06. The van der Waals surface area contributed by atoms with Gasteiger partial charge in [-0.25, -0.2) is 4.39 Å². The molecule has 1 aromatic carbocycles. The van der Waals surface area contributed by atoms with Crippen LogP contribution in [0.3, 0.4) is 0 Å². The molecule has 2 aliphatic carbocycles. The van der Waals surface area contributed by atoms with Crippen molar-refractivity contribution >= 4 is 0 Å². The van der Waals surface area contributed by atoms with Gasteiger partial charge in [-0.1, -0.05) is 13.0 Å². The summed E-state index contributed by atoms with van der Waals surface area (Å²) < 4.78 is 13.2.